The van der Waals surface area contributed by atoms with Crippen LogP contribution in [0.25, 0.3) is 0 Å². The normalized spacial score (nSPS) is 22.0. The fourth-order valence-electron chi connectivity index (χ4n) is 3.01. The van der Waals surface area contributed by atoms with Crippen molar-refractivity contribution in [3.05, 3.63) is 35.9 Å². The van der Waals surface area contributed by atoms with Crippen LogP contribution < -0.4 is 4.74 Å². The number of rotatable bonds is 6. The maximum atomic E-state index is 10.5. The van der Waals surface area contributed by atoms with Crippen molar-refractivity contribution in [1.29, 1.82) is 0 Å². The maximum absolute atomic E-state index is 10.5. The first kappa shape index (κ1) is 19.0. The van der Waals surface area contributed by atoms with E-state index in [4.69, 9.17) is 9.47 Å². The van der Waals surface area contributed by atoms with Gasteiger partial charge in [-0.2, -0.15) is 0 Å². The molecular formula is C19H30O4Si. The molecule has 1 aromatic rings. The Morgan fingerprint density at radius 3 is 2.62 bits per heavy atom. The quantitative estimate of drug-likeness (QED) is 0.590. The van der Waals surface area contributed by atoms with Crippen LogP contribution in [0, 0.1) is 5.92 Å². The summed E-state index contributed by atoms with van der Waals surface area (Å²) in [7, 11) is -0.683. The van der Waals surface area contributed by atoms with E-state index >= 15 is 0 Å². The Morgan fingerprint density at radius 1 is 1.38 bits per heavy atom. The zero-order chi connectivity index (χ0) is 18.1. The molecule has 0 radical (unpaired) electrons. The van der Waals surface area contributed by atoms with Crippen LogP contribution in [0.3, 0.4) is 0 Å². The first-order valence-corrected chi connectivity index (χ1v) is 11.4. The average Bonchev–Trinajstić information content (AvgIpc) is 2.85. The first-order valence-electron chi connectivity index (χ1n) is 8.45. The van der Waals surface area contributed by atoms with Gasteiger partial charge in [-0.15, -0.1) is 0 Å². The zero-order valence-corrected chi connectivity index (χ0v) is 16.4. The molecule has 1 aliphatic heterocycles. The second kappa shape index (κ2) is 6.90. The molecule has 5 heteroatoms. The molecule has 1 fully saturated rings. The first-order chi connectivity index (χ1) is 11.1. The molecule has 2 atom stereocenters. The van der Waals surface area contributed by atoms with E-state index in [0.29, 0.717) is 12.4 Å². The highest BCUT2D eigenvalue weighted by Crippen LogP contribution is 2.47. The Hall–Kier alpha value is -1.30. The lowest BCUT2D eigenvalue weighted by atomic mass is 9.86. The van der Waals surface area contributed by atoms with Gasteiger partial charge in [-0.3, -0.25) is 0 Å². The number of hydrogen-bond acceptors (Lipinski definition) is 4. The second-order valence-corrected chi connectivity index (χ2v) is 12.4. The summed E-state index contributed by atoms with van der Waals surface area (Å²) >= 11 is 0. The Bertz CT molecular complexity index is 604. The van der Waals surface area contributed by atoms with E-state index < -0.39 is 8.32 Å². The summed E-state index contributed by atoms with van der Waals surface area (Å²) in [6.45, 7) is 13.0. The van der Waals surface area contributed by atoms with Crippen LogP contribution >= 0.6 is 0 Å². The molecule has 0 unspecified atom stereocenters. The summed E-state index contributed by atoms with van der Waals surface area (Å²) in [5, 5.41) is 9.73. The van der Waals surface area contributed by atoms with Gasteiger partial charge in [0.05, 0.1) is 19.8 Å². The van der Waals surface area contributed by atoms with E-state index in [-0.39, 0.29) is 22.8 Å². The molecule has 0 aliphatic carbocycles. The third-order valence-electron chi connectivity index (χ3n) is 5.61. The van der Waals surface area contributed by atoms with Crippen LogP contribution in [0.4, 0.5) is 0 Å². The Balaban J connectivity index is 2.18. The van der Waals surface area contributed by atoms with Crippen molar-refractivity contribution in [2.75, 3.05) is 13.7 Å². The smallest absolute Gasteiger partial charge is 0.188 e. The van der Waals surface area contributed by atoms with E-state index in [2.05, 4.69) is 20.4 Å². The molecule has 0 aromatic heterocycles. The van der Waals surface area contributed by atoms with E-state index in [1.54, 1.807) is 13.2 Å². The van der Waals surface area contributed by atoms with Gasteiger partial charge >= 0.3 is 0 Å². The lowest BCUT2D eigenvalue weighted by Crippen LogP contribution is -2.39. The maximum Gasteiger partial charge on any atom is 0.188 e. The van der Waals surface area contributed by atoms with Gasteiger partial charge in [-0.05, 0) is 54.2 Å². The number of phenols is 1. The lowest BCUT2D eigenvalue weighted by molar-refractivity contribution is 0.0872. The Labute approximate surface area is 146 Å². The van der Waals surface area contributed by atoms with Crippen molar-refractivity contribution in [1.82, 2.24) is 0 Å². The van der Waals surface area contributed by atoms with E-state index in [0.717, 1.165) is 24.0 Å². The highest BCUT2D eigenvalue weighted by molar-refractivity contribution is 6.72. The zero-order valence-electron chi connectivity index (χ0n) is 15.4. The number of benzene rings is 1. The van der Waals surface area contributed by atoms with Crippen LogP contribution in [0.15, 0.2) is 30.4 Å². The SMILES string of the molecule is C=C1CO[C@H](c2ccc(O)c(OC)c2)[C@H]1CCC(C)(C)[Si](C)(C)O. The van der Waals surface area contributed by atoms with Crippen molar-refractivity contribution in [3.8, 4) is 11.5 Å². The summed E-state index contributed by atoms with van der Waals surface area (Å²) in [5.41, 5.74) is 2.09. The van der Waals surface area contributed by atoms with Gasteiger partial charge in [0.2, 0.25) is 0 Å². The molecule has 1 saturated heterocycles. The minimum absolute atomic E-state index is 0.0624. The van der Waals surface area contributed by atoms with Crippen molar-refractivity contribution < 1.29 is 19.4 Å². The average molecular weight is 351 g/mol. The molecule has 0 bridgehead atoms. The topological polar surface area (TPSA) is 58.9 Å². The van der Waals surface area contributed by atoms with Crippen LogP contribution in [0.5, 0.6) is 11.5 Å². The third kappa shape index (κ3) is 3.85. The predicted octanol–water partition coefficient (Wildman–Crippen LogP) is 4.40. The molecule has 4 nitrogen and oxygen atoms in total. The molecule has 2 rings (SSSR count). The molecule has 0 saturated carbocycles. The van der Waals surface area contributed by atoms with Gasteiger partial charge in [0.25, 0.3) is 0 Å². The minimum atomic E-state index is -2.23. The summed E-state index contributed by atoms with van der Waals surface area (Å²) in [5.74, 6) is 0.801. The molecule has 2 N–H and O–H groups in total. The van der Waals surface area contributed by atoms with Gasteiger partial charge in [-0.1, -0.05) is 26.5 Å². The predicted molar refractivity (Wildman–Crippen MR) is 99.0 cm³/mol. The molecule has 0 spiro atoms. The number of methoxy groups -OCH3 is 1. The van der Waals surface area contributed by atoms with E-state index in [1.807, 2.05) is 25.2 Å². The molecule has 1 aliphatic rings. The summed E-state index contributed by atoms with van der Waals surface area (Å²) < 4.78 is 11.2. The number of ether oxygens (including phenoxy) is 2. The molecule has 24 heavy (non-hydrogen) atoms. The fourth-order valence-corrected chi connectivity index (χ4v) is 3.77. The van der Waals surface area contributed by atoms with Crippen molar-refractivity contribution in [2.45, 2.75) is 50.9 Å². The van der Waals surface area contributed by atoms with Crippen molar-refractivity contribution in [2.24, 2.45) is 5.92 Å². The van der Waals surface area contributed by atoms with Gasteiger partial charge in [0, 0.05) is 5.92 Å². The number of phenolic OH excluding ortho intramolecular Hbond substituents is 1. The minimum Gasteiger partial charge on any atom is -0.504 e. The standard InChI is InChI=1S/C19H30O4Si/c1-13-12-23-18(14-7-8-16(20)17(11-14)22-4)15(13)9-10-19(2,3)24(5,6)21/h7-8,11,15,18,20-21H,1,9-10,12H2,2-6H3/t15-,18+/m0/s1. The molecule has 1 aromatic carbocycles. The third-order valence-corrected chi connectivity index (χ3v) is 9.17. The summed E-state index contributed by atoms with van der Waals surface area (Å²) in [4.78, 5) is 10.5. The van der Waals surface area contributed by atoms with Crippen molar-refractivity contribution in [3.63, 3.8) is 0 Å². The van der Waals surface area contributed by atoms with Crippen LogP contribution in [-0.2, 0) is 4.74 Å². The molecule has 0 amide bonds. The Kier molecular flexibility index (Phi) is 5.47. The molecular weight excluding hydrogens is 320 g/mol. The largest absolute Gasteiger partial charge is 0.504 e. The van der Waals surface area contributed by atoms with Gasteiger partial charge < -0.3 is 19.4 Å². The molecule has 134 valence electrons. The highest BCUT2D eigenvalue weighted by Gasteiger charge is 2.40. The Morgan fingerprint density at radius 2 is 2.04 bits per heavy atom. The van der Waals surface area contributed by atoms with Crippen molar-refractivity contribution >= 4 is 8.32 Å². The van der Waals surface area contributed by atoms with Gasteiger partial charge in [0.15, 0.2) is 19.8 Å². The van der Waals surface area contributed by atoms with Crippen LogP contribution in [-0.4, -0.2) is 31.9 Å². The second-order valence-electron chi connectivity index (χ2n) is 7.91. The van der Waals surface area contributed by atoms with E-state index in [1.165, 1.54) is 0 Å². The summed E-state index contributed by atoms with van der Waals surface area (Å²) in [6, 6.07) is 5.36. The highest BCUT2D eigenvalue weighted by atomic mass is 28.4. The van der Waals surface area contributed by atoms with Gasteiger partial charge in [0.1, 0.15) is 0 Å². The summed E-state index contributed by atoms with van der Waals surface area (Å²) in [6.07, 6.45) is 1.78. The van der Waals surface area contributed by atoms with Gasteiger partial charge in [-0.25, -0.2) is 0 Å². The lowest BCUT2D eigenvalue weighted by Gasteiger charge is -2.36. The fraction of sp³-hybridized carbons (Fsp3) is 0.579. The monoisotopic (exact) mass is 350 g/mol. The van der Waals surface area contributed by atoms with Crippen LogP contribution in [0.1, 0.15) is 38.4 Å². The molecule has 1 heterocycles. The number of hydrogen-bond donors (Lipinski definition) is 2. The van der Waals surface area contributed by atoms with Crippen LogP contribution in [0.2, 0.25) is 18.1 Å². The van der Waals surface area contributed by atoms with E-state index in [9.17, 15) is 9.90 Å². The number of aromatic hydroxyl groups is 1.